The van der Waals surface area contributed by atoms with Crippen LogP contribution in [0.25, 0.3) is 11.1 Å². The largest absolute Gasteiger partial charge is 0.396 e. The van der Waals surface area contributed by atoms with Crippen molar-refractivity contribution in [3.63, 3.8) is 0 Å². The Balaban J connectivity index is 0. The van der Waals surface area contributed by atoms with Gasteiger partial charge < -0.3 is 27.2 Å². The average Bonchev–Trinajstić information content (AvgIpc) is 3.26. The molecule has 42 heavy (non-hydrogen) atoms. The predicted molar refractivity (Wildman–Crippen MR) is 181 cm³/mol. The van der Waals surface area contributed by atoms with Crippen LogP contribution in [0.2, 0.25) is 0 Å². The number of benzene rings is 2. The molecular formula is C34H60FN5O2. The molecule has 3 rings (SSSR count). The van der Waals surface area contributed by atoms with Crippen molar-refractivity contribution in [3.8, 4) is 11.1 Å². The molecule has 0 spiro atoms. The molecular weight excluding hydrogens is 529 g/mol. The van der Waals surface area contributed by atoms with Gasteiger partial charge in [-0.1, -0.05) is 63.6 Å². The molecule has 0 amide bonds. The van der Waals surface area contributed by atoms with Gasteiger partial charge in [-0.2, -0.15) is 5.04 Å². The van der Waals surface area contributed by atoms with Crippen molar-refractivity contribution in [1.29, 1.82) is 0 Å². The fraction of sp³-hybridized carbons (Fsp3) is 0.529. The fourth-order valence-electron chi connectivity index (χ4n) is 3.96. The van der Waals surface area contributed by atoms with Crippen molar-refractivity contribution in [3.05, 3.63) is 76.1 Å². The van der Waals surface area contributed by atoms with Crippen molar-refractivity contribution < 1.29 is 14.7 Å². The van der Waals surface area contributed by atoms with Crippen LogP contribution < -0.4 is 27.1 Å². The van der Waals surface area contributed by atoms with Gasteiger partial charge in [-0.05, 0) is 108 Å². The van der Waals surface area contributed by atoms with Crippen LogP contribution in [0.1, 0.15) is 74.2 Å². The van der Waals surface area contributed by atoms with Crippen molar-refractivity contribution in [2.24, 2.45) is 11.5 Å². The maximum absolute atomic E-state index is 11.7. The molecule has 2 aromatic carbocycles. The van der Waals surface area contributed by atoms with Gasteiger partial charge >= 0.3 is 0 Å². The zero-order chi connectivity index (χ0) is 32.7. The Hall–Kier alpha value is -2.91. The molecule has 3 aromatic rings. The number of aryl methyl sites for hydroxylation is 4. The Labute approximate surface area is 255 Å². The van der Waals surface area contributed by atoms with Gasteiger partial charge in [0.2, 0.25) is 0 Å². The molecule has 0 radical (unpaired) electrons. The number of hydrogen-bond donors (Lipinski definition) is 5. The zero-order valence-corrected chi connectivity index (χ0v) is 28.2. The average molecular weight is 590 g/mol. The number of nitrogens with one attached hydrogen (secondary N) is 2. The summed E-state index contributed by atoms with van der Waals surface area (Å²) in [6.45, 7) is 23.1. The normalized spacial score (nSPS) is 10.4. The number of anilines is 1. The first-order valence-electron chi connectivity index (χ1n) is 15.1. The SMILES string of the molecule is CC.CCC(CCO)Nc1cc(-c2ccc(C)cc2)cc(C)c1C.CCNCCN.CN.Cc1cc(C)n(OF)c1C. The van der Waals surface area contributed by atoms with E-state index in [2.05, 4.69) is 92.4 Å². The molecule has 8 heteroatoms. The van der Waals surface area contributed by atoms with Crippen LogP contribution in [0.15, 0.2) is 42.5 Å². The second-order valence-corrected chi connectivity index (χ2v) is 9.65. The summed E-state index contributed by atoms with van der Waals surface area (Å²) in [5.41, 5.74) is 19.8. The lowest BCUT2D eigenvalue weighted by Gasteiger charge is -2.21. The number of aromatic nitrogens is 1. The Morgan fingerprint density at radius 1 is 0.905 bits per heavy atom. The van der Waals surface area contributed by atoms with E-state index in [0.717, 1.165) is 54.2 Å². The van der Waals surface area contributed by atoms with Gasteiger partial charge in [-0.15, -0.1) is 4.73 Å². The maximum Gasteiger partial charge on any atom is 0.0611 e. The van der Waals surface area contributed by atoms with Crippen LogP contribution in [0.3, 0.4) is 0 Å². The van der Waals surface area contributed by atoms with Crippen molar-refractivity contribution in [2.75, 3.05) is 38.6 Å². The Kier molecular flexibility index (Phi) is 24.2. The van der Waals surface area contributed by atoms with Crippen LogP contribution in [0.5, 0.6) is 0 Å². The third kappa shape index (κ3) is 14.8. The van der Waals surface area contributed by atoms with Crippen molar-refractivity contribution >= 4 is 5.69 Å². The summed E-state index contributed by atoms with van der Waals surface area (Å²) in [6, 6.07) is 15.3. The van der Waals surface area contributed by atoms with E-state index < -0.39 is 0 Å². The topological polar surface area (TPSA) is 110 Å². The minimum atomic E-state index is 0.223. The number of likely N-dealkylation sites (N-methyl/N-ethyl adjacent to an activating group) is 1. The molecule has 1 unspecified atom stereocenters. The first-order valence-corrected chi connectivity index (χ1v) is 15.1. The molecule has 0 bridgehead atoms. The van der Waals surface area contributed by atoms with Crippen LogP contribution in [0, 0.1) is 41.5 Å². The second kappa shape index (κ2) is 24.7. The van der Waals surface area contributed by atoms with Gasteiger partial charge in [0.15, 0.2) is 0 Å². The minimum Gasteiger partial charge on any atom is -0.396 e. The monoisotopic (exact) mass is 589 g/mol. The molecule has 0 aliphatic heterocycles. The van der Waals surface area contributed by atoms with Gasteiger partial charge in [-0.3, -0.25) is 0 Å². The quantitative estimate of drug-likeness (QED) is 0.168. The smallest absolute Gasteiger partial charge is 0.0611 e. The van der Waals surface area contributed by atoms with Crippen molar-refractivity contribution in [2.45, 2.75) is 88.1 Å². The molecule has 7 nitrogen and oxygen atoms in total. The summed E-state index contributed by atoms with van der Waals surface area (Å²) in [5.74, 6) is 0. The molecule has 1 atom stereocenters. The van der Waals surface area contributed by atoms with Gasteiger partial charge in [-0.25, -0.2) is 0 Å². The highest BCUT2D eigenvalue weighted by Gasteiger charge is 2.11. The standard InChI is InChI=1S/C20H27NO.C7H10FNO.C4H12N2.C2H6.CH5N/c1-5-19(10-11-22)21-20-13-18(12-15(3)16(20)4)17-8-6-14(2)7-9-17;1-5-4-6(2)9(10-8)7(5)3;1-2-6-4-3-5;2*1-2/h6-9,12-13,19,21-22H,5,10-11H2,1-4H3;4H,1-3H3;6H,2-5H2,1H3;1-2H3;2H2,1H3. The third-order valence-corrected chi connectivity index (χ3v) is 6.64. The lowest BCUT2D eigenvalue weighted by atomic mass is 9.97. The Bertz CT molecular complexity index is 1080. The molecule has 1 aromatic heterocycles. The van der Waals surface area contributed by atoms with Crippen LogP contribution in [-0.2, 0) is 0 Å². The second-order valence-electron chi connectivity index (χ2n) is 9.65. The Morgan fingerprint density at radius 3 is 1.88 bits per heavy atom. The molecule has 7 N–H and O–H groups in total. The summed E-state index contributed by atoms with van der Waals surface area (Å²) in [7, 11) is 1.50. The number of nitrogens with two attached hydrogens (primary N) is 2. The van der Waals surface area contributed by atoms with E-state index in [9.17, 15) is 9.63 Å². The zero-order valence-electron chi connectivity index (χ0n) is 28.2. The maximum atomic E-state index is 11.7. The highest BCUT2D eigenvalue weighted by atomic mass is 19.3. The summed E-state index contributed by atoms with van der Waals surface area (Å²) < 4.78 is 12.9. The van der Waals surface area contributed by atoms with E-state index in [1.54, 1.807) is 6.92 Å². The number of nitrogens with zero attached hydrogens (tertiary/aromatic N) is 1. The highest BCUT2D eigenvalue weighted by Crippen LogP contribution is 2.29. The molecule has 1 heterocycles. The van der Waals surface area contributed by atoms with Gasteiger partial charge in [0, 0.05) is 36.0 Å². The summed E-state index contributed by atoms with van der Waals surface area (Å²) in [4.78, 5) is 0. The van der Waals surface area contributed by atoms with Crippen LogP contribution >= 0.6 is 0 Å². The van der Waals surface area contributed by atoms with E-state index in [1.165, 1.54) is 40.6 Å². The molecule has 0 saturated carbocycles. The van der Waals surface area contributed by atoms with E-state index in [0.29, 0.717) is 6.04 Å². The first kappa shape index (κ1) is 41.2. The molecule has 0 aliphatic rings. The third-order valence-electron chi connectivity index (χ3n) is 6.64. The van der Waals surface area contributed by atoms with Gasteiger partial charge in [0.1, 0.15) is 0 Å². The molecule has 240 valence electrons. The number of rotatable bonds is 10. The lowest BCUT2D eigenvalue weighted by Crippen LogP contribution is -2.21. The van der Waals surface area contributed by atoms with E-state index >= 15 is 0 Å². The molecule has 0 saturated heterocycles. The predicted octanol–water partition coefficient (Wildman–Crippen LogP) is 6.73. The van der Waals surface area contributed by atoms with E-state index in [-0.39, 0.29) is 6.61 Å². The number of aliphatic hydroxyl groups is 1. The van der Waals surface area contributed by atoms with E-state index in [4.69, 9.17) is 5.73 Å². The summed E-state index contributed by atoms with van der Waals surface area (Å²) >= 11 is 0. The van der Waals surface area contributed by atoms with Crippen molar-refractivity contribution in [1.82, 2.24) is 10.0 Å². The molecule has 0 aliphatic carbocycles. The minimum absolute atomic E-state index is 0.223. The summed E-state index contributed by atoms with van der Waals surface area (Å²) in [6.07, 6.45) is 1.79. The summed E-state index contributed by atoms with van der Waals surface area (Å²) in [5, 5.41) is 19.5. The first-order chi connectivity index (χ1) is 20.1. The Morgan fingerprint density at radius 2 is 1.50 bits per heavy atom. The van der Waals surface area contributed by atoms with Crippen LogP contribution in [0.4, 0.5) is 10.2 Å². The number of aliphatic hydroxyl groups excluding tert-OH is 1. The number of halogens is 1. The van der Waals surface area contributed by atoms with E-state index in [1.807, 2.05) is 33.8 Å². The number of hydrogen-bond acceptors (Lipinski definition) is 6. The molecule has 0 fully saturated rings. The van der Waals surface area contributed by atoms with Crippen LogP contribution in [-0.4, -0.2) is 49.2 Å². The fourth-order valence-corrected chi connectivity index (χ4v) is 3.96. The lowest BCUT2D eigenvalue weighted by molar-refractivity contribution is -0.141. The highest BCUT2D eigenvalue weighted by molar-refractivity contribution is 5.72. The van der Waals surface area contributed by atoms with Gasteiger partial charge in [0.05, 0.1) is 11.4 Å². The van der Waals surface area contributed by atoms with Gasteiger partial charge in [0.25, 0.3) is 0 Å².